The molecule has 0 aliphatic carbocycles. The molecule has 0 spiro atoms. The second-order valence-electron chi connectivity index (χ2n) is 9.12. The first-order valence-corrected chi connectivity index (χ1v) is 12.9. The lowest BCUT2D eigenvalue weighted by Gasteiger charge is -2.31. The van der Waals surface area contributed by atoms with Gasteiger partial charge < -0.3 is 5.32 Å². The van der Waals surface area contributed by atoms with Gasteiger partial charge in [-0.1, -0.05) is 35.4 Å². The quantitative estimate of drug-likeness (QED) is 0.544. The first kappa shape index (κ1) is 25.7. The number of nitrogens with zero attached hydrogens (tertiary/aromatic N) is 1. The van der Waals surface area contributed by atoms with Crippen LogP contribution >= 0.6 is 0 Å². The van der Waals surface area contributed by atoms with Crippen LogP contribution in [0.4, 0.5) is 5.69 Å². The Labute approximate surface area is 202 Å². The molecule has 8 nitrogen and oxygen atoms in total. The summed E-state index contributed by atoms with van der Waals surface area (Å²) in [7, 11) is -3.63. The van der Waals surface area contributed by atoms with Crippen molar-refractivity contribution < 1.29 is 18.0 Å². The molecule has 1 saturated heterocycles. The molecule has 2 aromatic rings. The van der Waals surface area contributed by atoms with E-state index in [9.17, 15) is 18.0 Å². The van der Waals surface area contributed by atoms with E-state index in [2.05, 4.69) is 16.2 Å². The van der Waals surface area contributed by atoms with E-state index < -0.39 is 10.0 Å². The fourth-order valence-corrected chi connectivity index (χ4v) is 6.41. The van der Waals surface area contributed by atoms with E-state index in [1.54, 1.807) is 0 Å². The van der Waals surface area contributed by atoms with Crippen LogP contribution in [0.1, 0.15) is 40.7 Å². The highest BCUT2D eigenvalue weighted by Crippen LogP contribution is 2.28. The molecule has 0 bridgehead atoms. The minimum atomic E-state index is -3.63. The number of hydrazine groups is 1. The van der Waals surface area contributed by atoms with Gasteiger partial charge in [0.15, 0.2) is 0 Å². The Kier molecular flexibility index (Phi) is 7.99. The summed E-state index contributed by atoms with van der Waals surface area (Å²) in [5.41, 5.74) is 10.4. The lowest BCUT2D eigenvalue weighted by atomic mass is 9.98. The van der Waals surface area contributed by atoms with Crippen molar-refractivity contribution in [1.82, 2.24) is 15.2 Å². The molecule has 184 valence electrons. The first-order valence-electron chi connectivity index (χ1n) is 11.5. The van der Waals surface area contributed by atoms with Crippen LogP contribution in [0, 0.1) is 40.5 Å². The van der Waals surface area contributed by atoms with Crippen molar-refractivity contribution in [3.05, 3.63) is 58.1 Å². The minimum absolute atomic E-state index is 0.0239. The van der Waals surface area contributed by atoms with Gasteiger partial charge in [-0.25, -0.2) is 8.42 Å². The number of amides is 2. The van der Waals surface area contributed by atoms with E-state index in [0.29, 0.717) is 17.7 Å². The van der Waals surface area contributed by atoms with Crippen molar-refractivity contribution in [3.8, 4) is 0 Å². The van der Waals surface area contributed by atoms with E-state index in [-0.39, 0.29) is 37.4 Å². The fraction of sp³-hybridized carbons (Fsp3) is 0.440. The van der Waals surface area contributed by atoms with Gasteiger partial charge in [-0.2, -0.15) is 4.31 Å². The summed E-state index contributed by atoms with van der Waals surface area (Å²) in [6.45, 7) is 10.1. The molecular formula is C25H34N4O4S. The zero-order chi connectivity index (χ0) is 25.0. The average Bonchev–Trinajstić information content (AvgIpc) is 2.76. The third kappa shape index (κ3) is 5.95. The number of benzene rings is 2. The normalized spacial score (nSPS) is 15.1. The molecule has 0 aromatic heterocycles. The van der Waals surface area contributed by atoms with Crippen molar-refractivity contribution in [2.75, 3.05) is 25.0 Å². The first-order chi connectivity index (χ1) is 16.0. The highest BCUT2D eigenvalue weighted by molar-refractivity contribution is 7.89. The molecule has 1 aliphatic heterocycles. The summed E-state index contributed by atoms with van der Waals surface area (Å²) < 4.78 is 27.9. The number of hydrogen-bond acceptors (Lipinski definition) is 5. The molecule has 1 fully saturated rings. The fourth-order valence-electron chi connectivity index (χ4n) is 4.53. The van der Waals surface area contributed by atoms with Crippen LogP contribution in [0.5, 0.6) is 0 Å². The van der Waals surface area contributed by atoms with Crippen molar-refractivity contribution >= 4 is 27.5 Å². The van der Waals surface area contributed by atoms with Crippen molar-refractivity contribution in [2.45, 2.75) is 52.4 Å². The summed E-state index contributed by atoms with van der Waals surface area (Å²) in [6, 6.07) is 9.65. The zero-order valence-electron chi connectivity index (χ0n) is 20.5. The maximum absolute atomic E-state index is 13.2. The number of nitrogens with one attached hydrogen (secondary N) is 3. The Morgan fingerprint density at radius 1 is 0.882 bits per heavy atom. The van der Waals surface area contributed by atoms with Gasteiger partial charge in [0.25, 0.3) is 5.91 Å². The molecule has 1 heterocycles. The Bertz CT molecular complexity index is 1160. The maximum atomic E-state index is 13.2. The van der Waals surface area contributed by atoms with Gasteiger partial charge in [0, 0.05) is 24.7 Å². The van der Waals surface area contributed by atoms with Crippen LogP contribution < -0.4 is 16.2 Å². The Hall–Kier alpha value is -2.91. The topological polar surface area (TPSA) is 108 Å². The Morgan fingerprint density at radius 2 is 1.47 bits per heavy atom. The monoisotopic (exact) mass is 486 g/mol. The van der Waals surface area contributed by atoms with E-state index in [1.807, 2.05) is 65.0 Å². The number of sulfonamides is 1. The van der Waals surface area contributed by atoms with Gasteiger partial charge in [0.1, 0.15) is 0 Å². The molecule has 3 rings (SSSR count). The summed E-state index contributed by atoms with van der Waals surface area (Å²) >= 11 is 0. The number of rotatable bonds is 6. The highest BCUT2D eigenvalue weighted by Gasteiger charge is 2.33. The van der Waals surface area contributed by atoms with E-state index in [1.165, 1.54) is 4.31 Å². The number of carbonyl (C=O) groups excluding carboxylic acids is 2. The third-order valence-corrected chi connectivity index (χ3v) is 8.38. The van der Waals surface area contributed by atoms with Gasteiger partial charge >= 0.3 is 0 Å². The second-order valence-corrected chi connectivity index (χ2v) is 11.0. The zero-order valence-corrected chi connectivity index (χ0v) is 21.3. The van der Waals surface area contributed by atoms with Crippen LogP contribution in [-0.2, 0) is 19.6 Å². The molecule has 2 aromatic carbocycles. The molecule has 0 radical (unpaired) electrons. The van der Waals surface area contributed by atoms with Crippen molar-refractivity contribution in [2.24, 2.45) is 5.92 Å². The number of piperidine rings is 1. The van der Waals surface area contributed by atoms with Crippen LogP contribution in [0.25, 0.3) is 0 Å². The van der Waals surface area contributed by atoms with Crippen LogP contribution in [0.2, 0.25) is 0 Å². The van der Waals surface area contributed by atoms with Crippen LogP contribution in [0.15, 0.2) is 35.2 Å². The smallest absolute Gasteiger partial charge is 0.257 e. The minimum Gasteiger partial charge on any atom is -0.376 e. The summed E-state index contributed by atoms with van der Waals surface area (Å²) in [6.07, 6.45) is 0.789. The molecular weight excluding hydrogens is 452 g/mol. The maximum Gasteiger partial charge on any atom is 0.257 e. The van der Waals surface area contributed by atoms with Gasteiger partial charge in [-0.3, -0.25) is 20.4 Å². The SMILES string of the molecule is Cc1ccc(NCC(=O)NNC(=O)C2CCN(S(=O)(=O)c3c(C)cc(C)cc3C)CC2)c(C)c1. The molecule has 9 heteroatoms. The molecule has 3 N–H and O–H groups in total. The molecule has 1 aliphatic rings. The average molecular weight is 487 g/mol. The van der Waals surface area contributed by atoms with Gasteiger partial charge in [0.05, 0.1) is 11.4 Å². The molecule has 0 saturated carbocycles. The number of carbonyl (C=O) groups is 2. The van der Waals surface area contributed by atoms with Gasteiger partial charge in [-0.05, 0) is 70.2 Å². The third-order valence-electron chi connectivity index (χ3n) is 6.17. The van der Waals surface area contributed by atoms with E-state index >= 15 is 0 Å². The predicted molar refractivity (Wildman–Crippen MR) is 133 cm³/mol. The van der Waals surface area contributed by atoms with Crippen molar-refractivity contribution in [3.63, 3.8) is 0 Å². The summed E-state index contributed by atoms with van der Waals surface area (Å²) in [5, 5.41) is 3.06. The van der Waals surface area contributed by atoms with Crippen LogP contribution in [-0.4, -0.2) is 44.2 Å². The lowest BCUT2D eigenvalue weighted by Crippen LogP contribution is -2.49. The molecule has 2 amide bonds. The van der Waals surface area contributed by atoms with Crippen molar-refractivity contribution in [1.29, 1.82) is 0 Å². The lowest BCUT2D eigenvalue weighted by molar-refractivity contribution is -0.131. The summed E-state index contributed by atoms with van der Waals surface area (Å²) in [4.78, 5) is 25.0. The summed E-state index contributed by atoms with van der Waals surface area (Å²) in [5.74, 6) is -1.03. The molecule has 34 heavy (non-hydrogen) atoms. The standard InChI is InChI=1S/C25H34N4O4S/c1-16-6-7-22(18(3)12-16)26-15-23(30)27-28-25(31)21-8-10-29(11-9-21)34(32,33)24-19(4)13-17(2)14-20(24)5/h6-7,12-14,21,26H,8-11,15H2,1-5H3,(H,27,30)(H,28,31). The number of hydrogen-bond donors (Lipinski definition) is 3. The molecule has 0 atom stereocenters. The second kappa shape index (κ2) is 10.6. The largest absolute Gasteiger partial charge is 0.376 e. The highest BCUT2D eigenvalue weighted by atomic mass is 32.2. The Morgan fingerprint density at radius 3 is 2.06 bits per heavy atom. The van der Waals surface area contributed by atoms with Gasteiger partial charge in [0.2, 0.25) is 15.9 Å². The molecule has 0 unspecified atom stereocenters. The number of aryl methyl sites for hydroxylation is 5. The van der Waals surface area contributed by atoms with Crippen LogP contribution in [0.3, 0.4) is 0 Å². The number of anilines is 1. The van der Waals surface area contributed by atoms with E-state index in [4.69, 9.17) is 0 Å². The Balaban J connectivity index is 1.49. The van der Waals surface area contributed by atoms with E-state index in [0.717, 1.165) is 33.5 Å². The predicted octanol–water partition coefficient (Wildman–Crippen LogP) is 2.89. The van der Waals surface area contributed by atoms with Gasteiger partial charge in [-0.15, -0.1) is 0 Å².